The third-order valence-corrected chi connectivity index (χ3v) is 6.20. The monoisotopic (exact) mass is 342 g/mol. The van der Waals surface area contributed by atoms with E-state index >= 15 is 0 Å². The van der Waals surface area contributed by atoms with Crippen LogP contribution in [0.2, 0.25) is 0 Å². The molecule has 0 fully saturated rings. The van der Waals surface area contributed by atoms with Crippen LogP contribution in [0.5, 0.6) is 0 Å². The van der Waals surface area contributed by atoms with Crippen molar-refractivity contribution < 1.29 is 8.42 Å². The Labute approximate surface area is 134 Å². The first-order valence-corrected chi connectivity index (χ1v) is 9.89. The third kappa shape index (κ3) is 5.33. The van der Waals surface area contributed by atoms with Crippen LogP contribution in [0.15, 0.2) is 38.9 Å². The van der Waals surface area contributed by atoms with Crippen LogP contribution >= 0.6 is 23.1 Å². The Kier molecular flexibility index (Phi) is 5.29. The van der Waals surface area contributed by atoms with E-state index in [-0.39, 0.29) is 11.7 Å². The van der Waals surface area contributed by atoms with Crippen LogP contribution in [0.1, 0.15) is 19.5 Å². The lowest BCUT2D eigenvalue weighted by Crippen LogP contribution is -2.19. The number of thiazole rings is 1. The molecule has 1 N–H and O–H groups in total. The normalized spacial score (nSPS) is 11.8. The maximum atomic E-state index is 11.9. The van der Waals surface area contributed by atoms with E-state index in [2.05, 4.69) is 9.71 Å². The Morgan fingerprint density at radius 1 is 1.29 bits per heavy atom. The molecular formula is C14H18N2O2S3. The van der Waals surface area contributed by atoms with Crippen molar-refractivity contribution in [3.05, 3.63) is 35.3 Å². The Hall–Kier alpha value is -1.05. The molecule has 0 atom stereocenters. The summed E-state index contributed by atoms with van der Waals surface area (Å²) in [5, 5.41) is 2.01. The SMILES string of the molecule is Cc1csc(Sc2ccc(NS(=O)(=O)CC(C)C)cc2)n1. The van der Waals surface area contributed by atoms with Gasteiger partial charge in [0, 0.05) is 21.7 Å². The highest BCUT2D eigenvalue weighted by atomic mass is 32.2. The van der Waals surface area contributed by atoms with E-state index in [4.69, 9.17) is 0 Å². The minimum atomic E-state index is -3.27. The summed E-state index contributed by atoms with van der Waals surface area (Å²) in [7, 11) is -3.27. The number of nitrogens with one attached hydrogen (secondary N) is 1. The van der Waals surface area contributed by atoms with E-state index in [9.17, 15) is 8.42 Å². The lowest BCUT2D eigenvalue weighted by atomic mass is 10.3. The van der Waals surface area contributed by atoms with Gasteiger partial charge in [0.05, 0.1) is 5.75 Å². The molecule has 2 aromatic rings. The molecule has 1 aromatic carbocycles. The molecule has 4 nitrogen and oxygen atoms in total. The number of aryl methyl sites for hydroxylation is 1. The van der Waals surface area contributed by atoms with Crippen molar-refractivity contribution in [2.24, 2.45) is 5.92 Å². The summed E-state index contributed by atoms with van der Waals surface area (Å²) < 4.78 is 27.3. The van der Waals surface area contributed by atoms with Crippen LogP contribution in [-0.2, 0) is 10.0 Å². The topological polar surface area (TPSA) is 59.1 Å². The fourth-order valence-corrected chi connectivity index (χ4v) is 5.00. The van der Waals surface area contributed by atoms with Crippen LogP contribution in [0.3, 0.4) is 0 Å². The van der Waals surface area contributed by atoms with Crippen molar-refractivity contribution in [3.8, 4) is 0 Å². The lowest BCUT2D eigenvalue weighted by molar-refractivity contribution is 0.587. The van der Waals surface area contributed by atoms with Gasteiger partial charge in [0.1, 0.15) is 0 Å². The molecule has 0 saturated carbocycles. The zero-order valence-electron chi connectivity index (χ0n) is 12.2. The lowest BCUT2D eigenvalue weighted by Gasteiger charge is -2.10. The van der Waals surface area contributed by atoms with E-state index in [1.54, 1.807) is 35.2 Å². The largest absolute Gasteiger partial charge is 0.284 e. The van der Waals surface area contributed by atoms with Crippen LogP contribution in [-0.4, -0.2) is 19.2 Å². The van der Waals surface area contributed by atoms with E-state index in [1.807, 2.05) is 38.3 Å². The Morgan fingerprint density at radius 3 is 2.48 bits per heavy atom. The quantitative estimate of drug-likeness (QED) is 0.862. The average molecular weight is 343 g/mol. The average Bonchev–Trinajstić information content (AvgIpc) is 2.75. The molecule has 0 unspecified atom stereocenters. The molecule has 1 aromatic heterocycles. The van der Waals surface area contributed by atoms with E-state index < -0.39 is 10.0 Å². The second-order valence-electron chi connectivity index (χ2n) is 5.16. The molecule has 1 heterocycles. The molecule has 21 heavy (non-hydrogen) atoms. The van der Waals surface area contributed by atoms with E-state index in [0.717, 1.165) is 14.9 Å². The highest BCUT2D eigenvalue weighted by Gasteiger charge is 2.12. The van der Waals surface area contributed by atoms with Crippen LogP contribution in [0.4, 0.5) is 5.69 Å². The van der Waals surface area contributed by atoms with Gasteiger partial charge in [0.25, 0.3) is 0 Å². The minimum absolute atomic E-state index is 0.102. The number of aromatic nitrogens is 1. The van der Waals surface area contributed by atoms with Crippen molar-refractivity contribution >= 4 is 38.8 Å². The van der Waals surface area contributed by atoms with Gasteiger partial charge in [-0.3, -0.25) is 4.72 Å². The zero-order chi connectivity index (χ0) is 15.5. The van der Waals surface area contributed by atoms with Gasteiger partial charge in [-0.2, -0.15) is 0 Å². The predicted molar refractivity (Wildman–Crippen MR) is 89.7 cm³/mol. The van der Waals surface area contributed by atoms with Gasteiger partial charge < -0.3 is 0 Å². The number of hydrogen-bond donors (Lipinski definition) is 1. The summed E-state index contributed by atoms with van der Waals surface area (Å²) in [6.45, 7) is 5.73. The second-order valence-corrected chi connectivity index (χ2v) is 9.10. The molecule has 0 aliphatic heterocycles. The maximum absolute atomic E-state index is 11.9. The van der Waals surface area contributed by atoms with Crippen molar-refractivity contribution in [2.75, 3.05) is 10.5 Å². The van der Waals surface area contributed by atoms with E-state index in [1.165, 1.54) is 0 Å². The highest BCUT2D eigenvalue weighted by molar-refractivity contribution is 8.01. The predicted octanol–water partition coefficient (Wildman–Crippen LogP) is 4.00. The number of rotatable bonds is 6. The van der Waals surface area contributed by atoms with E-state index in [0.29, 0.717) is 5.69 Å². The highest BCUT2D eigenvalue weighted by Crippen LogP contribution is 2.30. The molecular weight excluding hydrogens is 324 g/mol. The van der Waals surface area contributed by atoms with Gasteiger partial charge in [0.15, 0.2) is 4.34 Å². The summed E-state index contributed by atoms with van der Waals surface area (Å²) in [5.41, 5.74) is 1.61. The summed E-state index contributed by atoms with van der Waals surface area (Å²) in [6, 6.07) is 7.35. The summed E-state index contributed by atoms with van der Waals surface area (Å²) in [4.78, 5) is 5.43. The van der Waals surface area contributed by atoms with Crippen molar-refractivity contribution in [1.29, 1.82) is 0 Å². The van der Waals surface area contributed by atoms with Crippen LogP contribution in [0, 0.1) is 12.8 Å². The first-order valence-electron chi connectivity index (χ1n) is 6.54. The molecule has 114 valence electrons. The molecule has 7 heteroatoms. The summed E-state index contributed by atoms with van der Waals surface area (Å²) in [5.74, 6) is 0.229. The fraction of sp³-hybridized carbons (Fsp3) is 0.357. The first-order chi connectivity index (χ1) is 9.84. The molecule has 2 rings (SSSR count). The summed E-state index contributed by atoms with van der Waals surface area (Å²) in [6.07, 6.45) is 0. The van der Waals surface area contributed by atoms with Crippen molar-refractivity contribution in [3.63, 3.8) is 0 Å². The maximum Gasteiger partial charge on any atom is 0.232 e. The first kappa shape index (κ1) is 16.3. The Balaban J connectivity index is 2.02. The van der Waals surface area contributed by atoms with Gasteiger partial charge in [-0.05, 0) is 37.1 Å². The third-order valence-electron chi connectivity index (χ3n) is 2.48. The van der Waals surface area contributed by atoms with Gasteiger partial charge in [-0.25, -0.2) is 13.4 Å². The molecule has 0 radical (unpaired) electrons. The minimum Gasteiger partial charge on any atom is -0.284 e. The molecule has 0 aliphatic rings. The standard InChI is InChI=1S/C14H18N2O2S3/c1-10(2)9-21(17,18)16-12-4-6-13(7-5-12)20-14-15-11(3)8-19-14/h4-8,10,16H,9H2,1-3H3. The van der Waals surface area contributed by atoms with Gasteiger partial charge in [0.2, 0.25) is 10.0 Å². The number of sulfonamides is 1. The molecule has 0 bridgehead atoms. The van der Waals surface area contributed by atoms with Crippen LogP contribution in [0.25, 0.3) is 0 Å². The molecule has 0 saturated heterocycles. The van der Waals surface area contributed by atoms with Crippen molar-refractivity contribution in [2.45, 2.75) is 30.0 Å². The molecule has 0 spiro atoms. The smallest absolute Gasteiger partial charge is 0.232 e. The Morgan fingerprint density at radius 2 is 1.95 bits per heavy atom. The van der Waals surface area contributed by atoms with Gasteiger partial charge >= 0.3 is 0 Å². The Bertz CT molecular complexity index is 691. The van der Waals surface area contributed by atoms with Crippen LogP contribution < -0.4 is 4.72 Å². The number of benzene rings is 1. The number of anilines is 1. The van der Waals surface area contributed by atoms with Gasteiger partial charge in [-0.1, -0.05) is 25.6 Å². The van der Waals surface area contributed by atoms with Crippen molar-refractivity contribution in [1.82, 2.24) is 4.98 Å². The fourth-order valence-electron chi connectivity index (χ4n) is 1.73. The summed E-state index contributed by atoms with van der Waals surface area (Å²) >= 11 is 3.18. The zero-order valence-corrected chi connectivity index (χ0v) is 14.6. The second kappa shape index (κ2) is 6.81. The number of nitrogens with zero attached hydrogens (tertiary/aromatic N) is 1. The molecule has 0 amide bonds. The molecule has 0 aliphatic carbocycles. The van der Waals surface area contributed by atoms with Gasteiger partial charge in [-0.15, -0.1) is 11.3 Å². The number of hydrogen-bond acceptors (Lipinski definition) is 5.